The minimum absolute atomic E-state index is 0.704. The predicted molar refractivity (Wildman–Crippen MR) is 123 cm³/mol. The fourth-order valence-electron chi connectivity index (χ4n) is 3.41. The lowest BCUT2D eigenvalue weighted by atomic mass is 10.1. The summed E-state index contributed by atoms with van der Waals surface area (Å²) in [6.07, 6.45) is 8.42. The largest absolute Gasteiger partial charge is 0.356 e. The molecule has 0 radical (unpaired) electrons. The van der Waals surface area contributed by atoms with Gasteiger partial charge in [0.15, 0.2) is 5.96 Å². The molecule has 0 aliphatic heterocycles. The standard InChI is InChI=1S/C24H27N7/c1-25-24(26-15-12-20-8-10-23(11-9-20)31-17-5-14-29-31)27-18-21-6-2-3-7-22(21)19-30-16-4-13-28-30/h2-11,13-14,16-17H,12,15,18-19H2,1H3,(H2,25,26,27). The summed E-state index contributed by atoms with van der Waals surface area (Å²) in [5.74, 6) is 0.794. The van der Waals surface area contributed by atoms with E-state index in [1.165, 1.54) is 16.7 Å². The zero-order valence-electron chi connectivity index (χ0n) is 17.6. The van der Waals surface area contributed by atoms with Crippen LogP contribution in [0.2, 0.25) is 0 Å². The Hall–Kier alpha value is -3.87. The second-order valence-corrected chi connectivity index (χ2v) is 7.19. The van der Waals surface area contributed by atoms with Gasteiger partial charge in [0.05, 0.1) is 12.2 Å². The maximum atomic E-state index is 4.35. The summed E-state index contributed by atoms with van der Waals surface area (Å²) >= 11 is 0. The van der Waals surface area contributed by atoms with Crippen LogP contribution in [-0.2, 0) is 19.5 Å². The van der Waals surface area contributed by atoms with Crippen LogP contribution in [0.4, 0.5) is 0 Å². The van der Waals surface area contributed by atoms with E-state index < -0.39 is 0 Å². The van der Waals surface area contributed by atoms with Gasteiger partial charge in [-0.2, -0.15) is 10.2 Å². The number of benzene rings is 2. The average molecular weight is 414 g/mol. The molecule has 2 heterocycles. The van der Waals surface area contributed by atoms with Crippen molar-refractivity contribution in [3.05, 3.63) is 102 Å². The Morgan fingerprint density at radius 2 is 1.65 bits per heavy atom. The average Bonchev–Trinajstić information content (AvgIpc) is 3.52. The third-order valence-corrected chi connectivity index (χ3v) is 5.09. The van der Waals surface area contributed by atoms with Crippen molar-refractivity contribution in [1.82, 2.24) is 30.2 Å². The van der Waals surface area contributed by atoms with Crippen LogP contribution in [0.1, 0.15) is 16.7 Å². The third-order valence-electron chi connectivity index (χ3n) is 5.09. The third kappa shape index (κ3) is 5.60. The first-order valence-electron chi connectivity index (χ1n) is 10.4. The molecule has 0 saturated carbocycles. The number of aromatic nitrogens is 4. The van der Waals surface area contributed by atoms with Crippen LogP contribution in [0.3, 0.4) is 0 Å². The quantitative estimate of drug-likeness (QED) is 0.344. The molecule has 4 rings (SSSR count). The predicted octanol–water partition coefficient (Wildman–Crippen LogP) is 3.02. The lowest BCUT2D eigenvalue weighted by Gasteiger charge is -2.14. The molecule has 0 unspecified atom stereocenters. The van der Waals surface area contributed by atoms with Crippen LogP contribution in [0, 0.1) is 0 Å². The molecule has 4 aromatic rings. The molecule has 31 heavy (non-hydrogen) atoms. The Kier molecular flexibility index (Phi) is 6.74. The molecule has 0 saturated heterocycles. The van der Waals surface area contributed by atoms with Crippen molar-refractivity contribution in [2.45, 2.75) is 19.5 Å². The smallest absolute Gasteiger partial charge is 0.191 e. The lowest BCUT2D eigenvalue weighted by Crippen LogP contribution is -2.38. The summed E-state index contributed by atoms with van der Waals surface area (Å²) in [6, 6.07) is 20.7. The summed E-state index contributed by atoms with van der Waals surface area (Å²) in [6.45, 7) is 2.26. The maximum absolute atomic E-state index is 4.35. The van der Waals surface area contributed by atoms with Gasteiger partial charge in [-0.05, 0) is 47.4 Å². The number of aliphatic imine (C=N–C) groups is 1. The molecule has 0 spiro atoms. The SMILES string of the molecule is CN=C(NCCc1ccc(-n2cccn2)cc1)NCc1ccccc1Cn1cccn1. The molecule has 7 heteroatoms. The van der Waals surface area contributed by atoms with Crippen molar-refractivity contribution >= 4 is 5.96 Å². The molecule has 7 nitrogen and oxygen atoms in total. The first-order valence-corrected chi connectivity index (χ1v) is 10.4. The first-order chi connectivity index (χ1) is 15.3. The fraction of sp³-hybridized carbons (Fsp3) is 0.208. The van der Waals surface area contributed by atoms with Crippen LogP contribution in [0.25, 0.3) is 5.69 Å². The van der Waals surface area contributed by atoms with Gasteiger partial charge in [-0.1, -0.05) is 36.4 Å². The van der Waals surface area contributed by atoms with Gasteiger partial charge in [-0.15, -0.1) is 0 Å². The van der Waals surface area contributed by atoms with Gasteiger partial charge in [0.25, 0.3) is 0 Å². The molecule has 2 aromatic carbocycles. The molecule has 2 aromatic heterocycles. The van der Waals surface area contributed by atoms with Crippen LogP contribution in [-0.4, -0.2) is 39.1 Å². The van der Waals surface area contributed by atoms with Crippen LogP contribution in [0.5, 0.6) is 0 Å². The van der Waals surface area contributed by atoms with Crippen molar-refractivity contribution in [1.29, 1.82) is 0 Å². The lowest BCUT2D eigenvalue weighted by molar-refractivity contribution is 0.677. The Balaban J connectivity index is 1.27. The molecule has 0 atom stereocenters. The van der Waals surface area contributed by atoms with E-state index >= 15 is 0 Å². The zero-order valence-corrected chi connectivity index (χ0v) is 17.6. The molecule has 0 amide bonds. The highest BCUT2D eigenvalue weighted by Crippen LogP contribution is 2.11. The number of hydrogen-bond acceptors (Lipinski definition) is 3. The van der Waals surface area contributed by atoms with E-state index in [1.807, 2.05) is 33.9 Å². The molecular formula is C24H27N7. The maximum Gasteiger partial charge on any atom is 0.191 e. The van der Waals surface area contributed by atoms with E-state index in [0.717, 1.165) is 31.2 Å². The van der Waals surface area contributed by atoms with E-state index in [4.69, 9.17) is 0 Å². The molecule has 158 valence electrons. The minimum Gasteiger partial charge on any atom is -0.356 e. The Morgan fingerprint density at radius 1 is 0.871 bits per heavy atom. The minimum atomic E-state index is 0.704. The molecular weight excluding hydrogens is 386 g/mol. The highest BCUT2D eigenvalue weighted by atomic mass is 15.3. The first kappa shape index (κ1) is 20.4. The fourth-order valence-corrected chi connectivity index (χ4v) is 3.41. The topological polar surface area (TPSA) is 72.1 Å². The van der Waals surface area contributed by atoms with E-state index in [9.17, 15) is 0 Å². The van der Waals surface area contributed by atoms with Crippen molar-refractivity contribution in [2.75, 3.05) is 13.6 Å². The monoisotopic (exact) mass is 413 g/mol. The van der Waals surface area contributed by atoms with Gasteiger partial charge < -0.3 is 10.6 Å². The number of rotatable bonds is 8. The molecule has 0 aliphatic carbocycles. The van der Waals surface area contributed by atoms with Crippen molar-refractivity contribution in [3.63, 3.8) is 0 Å². The van der Waals surface area contributed by atoms with Crippen molar-refractivity contribution in [2.24, 2.45) is 4.99 Å². The molecule has 2 N–H and O–H groups in total. The van der Waals surface area contributed by atoms with Gasteiger partial charge in [0.1, 0.15) is 0 Å². The van der Waals surface area contributed by atoms with Crippen LogP contribution >= 0.6 is 0 Å². The molecule has 0 aliphatic rings. The van der Waals surface area contributed by atoms with Crippen molar-refractivity contribution < 1.29 is 0 Å². The normalized spacial score (nSPS) is 11.5. The summed E-state index contributed by atoms with van der Waals surface area (Å²) in [5, 5.41) is 15.4. The van der Waals surface area contributed by atoms with Gasteiger partial charge in [-0.25, -0.2) is 4.68 Å². The Bertz CT molecular complexity index is 1080. The zero-order chi connectivity index (χ0) is 21.3. The molecule has 0 bridgehead atoms. The summed E-state index contributed by atoms with van der Waals surface area (Å²) in [5.41, 5.74) is 4.80. The highest BCUT2D eigenvalue weighted by Gasteiger charge is 2.05. The van der Waals surface area contributed by atoms with E-state index in [2.05, 4.69) is 74.4 Å². The Morgan fingerprint density at radius 3 is 2.35 bits per heavy atom. The Labute approximate surface area is 182 Å². The molecule has 0 fully saturated rings. The van der Waals surface area contributed by atoms with Gasteiger partial charge in [0.2, 0.25) is 0 Å². The number of nitrogens with one attached hydrogen (secondary N) is 2. The second kappa shape index (κ2) is 10.2. The van der Waals surface area contributed by atoms with Crippen LogP contribution in [0.15, 0.2) is 90.4 Å². The van der Waals surface area contributed by atoms with E-state index in [1.54, 1.807) is 19.4 Å². The van der Waals surface area contributed by atoms with Gasteiger partial charge >= 0.3 is 0 Å². The second-order valence-electron chi connectivity index (χ2n) is 7.19. The van der Waals surface area contributed by atoms with Gasteiger partial charge in [0, 0.05) is 44.9 Å². The summed E-state index contributed by atoms with van der Waals surface area (Å²) in [7, 11) is 1.80. The summed E-state index contributed by atoms with van der Waals surface area (Å²) in [4.78, 5) is 4.35. The van der Waals surface area contributed by atoms with Crippen molar-refractivity contribution in [3.8, 4) is 5.69 Å². The van der Waals surface area contributed by atoms with E-state index in [-0.39, 0.29) is 0 Å². The number of guanidine groups is 1. The number of hydrogen-bond donors (Lipinski definition) is 2. The van der Waals surface area contributed by atoms with Gasteiger partial charge in [-0.3, -0.25) is 9.67 Å². The summed E-state index contributed by atoms with van der Waals surface area (Å²) < 4.78 is 3.79. The highest BCUT2D eigenvalue weighted by molar-refractivity contribution is 5.79. The van der Waals surface area contributed by atoms with E-state index in [0.29, 0.717) is 6.54 Å². The van der Waals surface area contributed by atoms with Crippen LogP contribution < -0.4 is 10.6 Å². The number of nitrogens with zero attached hydrogens (tertiary/aromatic N) is 5.